The van der Waals surface area contributed by atoms with Crippen LogP contribution in [0.15, 0.2) is 46.1 Å². The largest absolute Gasteiger partial charge is 0.354 e. The normalized spacial score (nSPS) is 11.0. The Balaban J connectivity index is 2.73. The first-order valence-corrected chi connectivity index (χ1v) is 4.90. The van der Waals surface area contributed by atoms with Crippen molar-refractivity contribution in [2.45, 2.75) is 0 Å². The Morgan fingerprint density at radius 1 is 0.938 bits per heavy atom. The lowest BCUT2D eigenvalue weighted by atomic mass is 10.1. The quantitative estimate of drug-likeness (QED) is 0.553. The number of aromatic amines is 2. The highest BCUT2D eigenvalue weighted by Crippen LogP contribution is 2.10. The Hall–Kier alpha value is -2.36. The van der Waals surface area contributed by atoms with Crippen LogP contribution in [-0.4, -0.2) is 9.97 Å². The van der Waals surface area contributed by atoms with Gasteiger partial charge >= 0.3 is 0 Å². The molecule has 1 aromatic carbocycles. The number of hydrogen-bond donors (Lipinski definition) is 2. The third-order valence-corrected chi connectivity index (χ3v) is 2.63. The highest BCUT2D eigenvalue weighted by atomic mass is 16.1. The van der Waals surface area contributed by atoms with E-state index in [1.807, 2.05) is 12.1 Å². The monoisotopic (exact) mass is 212 g/mol. The fourth-order valence-corrected chi connectivity index (χ4v) is 1.88. The highest BCUT2D eigenvalue weighted by Gasteiger charge is 2.06. The molecule has 2 heterocycles. The van der Waals surface area contributed by atoms with Crippen molar-refractivity contribution in [1.82, 2.24) is 9.97 Å². The van der Waals surface area contributed by atoms with Crippen LogP contribution in [0.4, 0.5) is 0 Å². The number of rotatable bonds is 0. The van der Waals surface area contributed by atoms with E-state index in [0.29, 0.717) is 10.9 Å². The minimum Gasteiger partial charge on any atom is -0.354 e. The Bertz CT molecular complexity index is 799. The number of aromatic nitrogens is 2. The maximum absolute atomic E-state index is 12.1. The van der Waals surface area contributed by atoms with Gasteiger partial charge in [-0.25, -0.2) is 0 Å². The van der Waals surface area contributed by atoms with Crippen LogP contribution in [-0.2, 0) is 0 Å². The number of H-pyrrole nitrogens is 2. The summed E-state index contributed by atoms with van der Waals surface area (Å²) in [6.07, 6.45) is 1.52. The van der Waals surface area contributed by atoms with Crippen LogP contribution in [0.5, 0.6) is 0 Å². The molecule has 0 bridgehead atoms. The van der Waals surface area contributed by atoms with Crippen LogP contribution in [0.25, 0.3) is 21.8 Å². The first-order valence-electron chi connectivity index (χ1n) is 4.90. The summed E-state index contributed by atoms with van der Waals surface area (Å²) < 4.78 is 0. The minimum absolute atomic E-state index is 0.182. The van der Waals surface area contributed by atoms with Crippen molar-refractivity contribution in [1.29, 1.82) is 0 Å². The summed E-state index contributed by atoms with van der Waals surface area (Å²) in [5.74, 6) is 0. The molecule has 0 amide bonds. The molecule has 16 heavy (non-hydrogen) atoms. The van der Waals surface area contributed by atoms with E-state index >= 15 is 0 Å². The molecule has 0 aliphatic heterocycles. The average molecular weight is 212 g/mol. The SMILES string of the molecule is O=c1[nH]ccc2[nH]c3ccccc3c(=O)c12. The van der Waals surface area contributed by atoms with Crippen LogP contribution in [0.1, 0.15) is 0 Å². The van der Waals surface area contributed by atoms with E-state index in [2.05, 4.69) is 9.97 Å². The maximum Gasteiger partial charge on any atom is 0.261 e. The molecule has 0 radical (unpaired) electrons. The molecule has 4 nitrogen and oxygen atoms in total. The fourth-order valence-electron chi connectivity index (χ4n) is 1.88. The molecule has 2 N–H and O–H groups in total. The molecule has 3 rings (SSSR count). The van der Waals surface area contributed by atoms with Crippen molar-refractivity contribution in [3.8, 4) is 0 Å². The summed E-state index contributed by atoms with van der Waals surface area (Å²) >= 11 is 0. The van der Waals surface area contributed by atoms with Crippen LogP contribution in [0.2, 0.25) is 0 Å². The highest BCUT2D eigenvalue weighted by molar-refractivity contribution is 5.91. The molecule has 0 unspecified atom stereocenters. The third-order valence-electron chi connectivity index (χ3n) is 2.63. The van der Waals surface area contributed by atoms with Crippen molar-refractivity contribution in [2.24, 2.45) is 0 Å². The number of nitrogens with one attached hydrogen (secondary N) is 2. The van der Waals surface area contributed by atoms with Crippen molar-refractivity contribution in [2.75, 3.05) is 0 Å². The van der Waals surface area contributed by atoms with Gasteiger partial charge in [0.05, 0.1) is 5.52 Å². The van der Waals surface area contributed by atoms with Crippen LogP contribution in [0, 0.1) is 0 Å². The predicted octanol–water partition coefficient (Wildman–Crippen LogP) is 1.37. The molecular weight excluding hydrogens is 204 g/mol. The van der Waals surface area contributed by atoms with Gasteiger partial charge in [-0.05, 0) is 18.2 Å². The van der Waals surface area contributed by atoms with Crippen molar-refractivity contribution in [3.63, 3.8) is 0 Å². The maximum atomic E-state index is 12.1. The van der Waals surface area contributed by atoms with E-state index in [1.165, 1.54) is 6.20 Å². The van der Waals surface area contributed by atoms with Crippen LogP contribution in [0.3, 0.4) is 0 Å². The second-order valence-electron chi connectivity index (χ2n) is 3.60. The zero-order chi connectivity index (χ0) is 11.1. The predicted molar refractivity (Wildman–Crippen MR) is 62.7 cm³/mol. The Morgan fingerprint density at radius 3 is 2.62 bits per heavy atom. The van der Waals surface area contributed by atoms with E-state index in [9.17, 15) is 9.59 Å². The topological polar surface area (TPSA) is 65.7 Å². The average Bonchev–Trinajstić information content (AvgIpc) is 2.29. The van der Waals surface area contributed by atoms with Gasteiger partial charge in [0.1, 0.15) is 5.39 Å². The molecule has 0 fully saturated rings. The molecule has 4 heteroatoms. The van der Waals surface area contributed by atoms with Gasteiger partial charge in [0, 0.05) is 17.1 Å². The van der Waals surface area contributed by atoms with E-state index < -0.39 is 0 Å². The van der Waals surface area contributed by atoms with Crippen molar-refractivity contribution >= 4 is 21.8 Å². The van der Waals surface area contributed by atoms with Gasteiger partial charge < -0.3 is 9.97 Å². The third kappa shape index (κ3) is 1.10. The Labute approximate surface area is 89.6 Å². The van der Waals surface area contributed by atoms with Crippen molar-refractivity contribution < 1.29 is 0 Å². The number of hydrogen-bond acceptors (Lipinski definition) is 2. The van der Waals surface area contributed by atoms with Gasteiger partial charge in [-0.1, -0.05) is 12.1 Å². The van der Waals surface area contributed by atoms with E-state index in [-0.39, 0.29) is 16.4 Å². The van der Waals surface area contributed by atoms with Crippen LogP contribution >= 0.6 is 0 Å². The van der Waals surface area contributed by atoms with E-state index in [0.717, 1.165) is 5.52 Å². The number of benzene rings is 1. The lowest BCUT2D eigenvalue weighted by Crippen LogP contribution is -2.16. The zero-order valence-corrected chi connectivity index (χ0v) is 8.28. The smallest absolute Gasteiger partial charge is 0.261 e. The standard InChI is InChI=1S/C12H8N2O2/c15-11-7-3-1-2-4-8(7)14-9-5-6-13-12(16)10(9)11/h1-6H,(H,13,16)(H,14,15). The van der Waals surface area contributed by atoms with Gasteiger partial charge in [0.25, 0.3) is 5.56 Å². The Morgan fingerprint density at radius 2 is 1.75 bits per heavy atom. The summed E-state index contributed by atoms with van der Waals surface area (Å²) in [6.45, 7) is 0. The number of fused-ring (bicyclic) bond motifs is 2. The fraction of sp³-hybridized carbons (Fsp3) is 0. The summed E-state index contributed by atoms with van der Waals surface area (Å²) in [7, 11) is 0. The molecular formula is C12H8N2O2. The van der Waals surface area contributed by atoms with Crippen molar-refractivity contribution in [3.05, 3.63) is 57.1 Å². The molecule has 0 spiro atoms. The van der Waals surface area contributed by atoms with Gasteiger partial charge in [-0.2, -0.15) is 0 Å². The van der Waals surface area contributed by atoms with Gasteiger partial charge in [-0.15, -0.1) is 0 Å². The summed E-state index contributed by atoms with van der Waals surface area (Å²) in [6, 6.07) is 8.83. The molecule has 0 saturated carbocycles. The molecule has 0 atom stereocenters. The lowest BCUT2D eigenvalue weighted by molar-refractivity contribution is 1.26. The number of para-hydroxylation sites is 1. The molecule has 3 aromatic rings. The zero-order valence-electron chi connectivity index (χ0n) is 8.28. The summed E-state index contributed by atoms with van der Waals surface area (Å²) in [4.78, 5) is 29.2. The molecule has 0 aliphatic rings. The first kappa shape index (κ1) is 8.91. The van der Waals surface area contributed by atoms with Gasteiger partial charge in [0.2, 0.25) is 5.43 Å². The van der Waals surface area contributed by atoms with Gasteiger partial charge in [0.15, 0.2) is 0 Å². The second kappa shape index (κ2) is 3.06. The number of pyridine rings is 2. The summed E-state index contributed by atoms with van der Waals surface area (Å²) in [5.41, 5.74) is 0.716. The van der Waals surface area contributed by atoms with E-state index in [1.54, 1.807) is 18.2 Å². The molecule has 0 saturated heterocycles. The second-order valence-corrected chi connectivity index (χ2v) is 3.60. The Kier molecular flexibility index (Phi) is 1.71. The van der Waals surface area contributed by atoms with Gasteiger partial charge in [-0.3, -0.25) is 9.59 Å². The van der Waals surface area contributed by atoms with E-state index in [4.69, 9.17) is 0 Å². The minimum atomic E-state index is -0.357. The molecule has 2 aromatic heterocycles. The lowest BCUT2D eigenvalue weighted by Gasteiger charge is -2.00. The first-order chi connectivity index (χ1) is 7.77. The molecule has 78 valence electrons. The summed E-state index contributed by atoms with van der Waals surface area (Å²) in [5, 5.41) is 0.716. The molecule has 0 aliphatic carbocycles. The van der Waals surface area contributed by atoms with Crippen LogP contribution < -0.4 is 11.0 Å².